The van der Waals surface area contributed by atoms with E-state index in [0.717, 1.165) is 12.1 Å². The fourth-order valence-corrected chi connectivity index (χ4v) is 2.96. The van der Waals surface area contributed by atoms with Crippen LogP contribution < -0.4 is 0 Å². The van der Waals surface area contributed by atoms with Gasteiger partial charge in [-0.25, -0.2) is 9.50 Å². The first-order chi connectivity index (χ1) is 14.3. The van der Waals surface area contributed by atoms with Crippen molar-refractivity contribution >= 4 is 17.6 Å². The van der Waals surface area contributed by atoms with E-state index >= 15 is 0 Å². The van der Waals surface area contributed by atoms with Crippen molar-refractivity contribution in [2.24, 2.45) is 0 Å². The van der Waals surface area contributed by atoms with E-state index in [0.29, 0.717) is 11.1 Å². The van der Waals surface area contributed by atoms with Crippen LogP contribution in [-0.4, -0.2) is 39.8 Å². The Labute approximate surface area is 169 Å². The maximum absolute atomic E-state index is 12.8. The zero-order valence-corrected chi connectivity index (χ0v) is 16.1. The summed E-state index contributed by atoms with van der Waals surface area (Å²) in [6.07, 6.45) is -1.66. The zero-order chi connectivity index (χ0) is 21.9. The van der Waals surface area contributed by atoms with E-state index in [1.807, 2.05) is 0 Å². The highest BCUT2D eigenvalue weighted by Gasteiger charge is 2.34. The van der Waals surface area contributed by atoms with Gasteiger partial charge in [0.05, 0.1) is 30.7 Å². The third kappa shape index (κ3) is 4.12. The van der Waals surface area contributed by atoms with E-state index in [2.05, 4.69) is 10.1 Å². The van der Waals surface area contributed by atoms with Crippen LogP contribution in [0.1, 0.15) is 31.0 Å². The van der Waals surface area contributed by atoms with Gasteiger partial charge in [-0.2, -0.15) is 18.3 Å². The van der Waals surface area contributed by atoms with Crippen LogP contribution >= 0.6 is 0 Å². The van der Waals surface area contributed by atoms with Gasteiger partial charge in [-0.1, -0.05) is 12.1 Å². The van der Waals surface area contributed by atoms with Crippen molar-refractivity contribution in [3.63, 3.8) is 0 Å². The average Bonchev–Trinajstić information content (AvgIpc) is 3.13. The standard InChI is InChI=1S/C20H18F3N3O4/c1-3-29-18(27)16(19(28)30-4-2)15-9-10-24-17-14(11-25-26(15)17)12-5-7-13(8-6-12)20(21,22)23/h5-11,16H,3-4H2,1-2H3. The SMILES string of the molecule is CCOC(=O)C(C(=O)OCC)c1ccnc2c(-c3ccc(C(F)(F)F)cc3)cnn12. The number of carbonyl (C=O) groups is 2. The summed E-state index contributed by atoms with van der Waals surface area (Å²) in [5.74, 6) is -2.97. The number of halogens is 3. The molecule has 0 aliphatic rings. The fourth-order valence-electron chi connectivity index (χ4n) is 2.96. The summed E-state index contributed by atoms with van der Waals surface area (Å²) in [6.45, 7) is 3.36. The van der Waals surface area contributed by atoms with Crippen LogP contribution in [0, 0.1) is 0 Å². The summed E-state index contributed by atoms with van der Waals surface area (Å²) in [4.78, 5) is 29.1. The van der Waals surface area contributed by atoms with Gasteiger partial charge in [0.1, 0.15) is 0 Å². The molecular weight excluding hydrogens is 403 g/mol. The molecule has 0 amide bonds. The lowest BCUT2D eigenvalue weighted by Crippen LogP contribution is -2.28. The molecule has 0 atom stereocenters. The van der Waals surface area contributed by atoms with Crippen LogP contribution in [0.4, 0.5) is 13.2 Å². The number of hydrogen-bond donors (Lipinski definition) is 0. The zero-order valence-electron chi connectivity index (χ0n) is 16.1. The maximum atomic E-state index is 12.8. The molecule has 0 aliphatic heterocycles. The summed E-state index contributed by atoms with van der Waals surface area (Å²) >= 11 is 0. The first kappa shape index (κ1) is 21.3. The van der Waals surface area contributed by atoms with E-state index in [9.17, 15) is 22.8 Å². The highest BCUT2D eigenvalue weighted by atomic mass is 19.4. The molecule has 2 heterocycles. The van der Waals surface area contributed by atoms with Crippen molar-refractivity contribution < 1.29 is 32.2 Å². The highest BCUT2D eigenvalue weighted by molar-refractivity contribution is 6.00. The van der Waals surface area contributed by atoms with Crippen LogP contribution in [0.2, 0.25) is 0 Å². The lowest BCUT2D eigenvalue weighted by molar-refractivity contribution is -0.157. The summed E-state index contributed by atoms with van der Waals surface area (Å²) in [5, 5.41) is 4.19. The molecular formula is C20H18F3N3O4. The van der Waals surface area contributed by atoms with Crippen LogP contribution in [-0.2, 0) is 25.2 Å². The molecule has 3 aromatic rings. The van der Waals surface area contributed by atoms with Crippen LogP contribution in [0.5, 0.6) is 0 Å². The number of esters is 2. The molecule has 0 aliphatic carbocycles. The molecule has 0 saturated heterocycles. The molecule has 3 rings (SSSR count). The van der Waals surface area contributed by atoms with Gasteiger partial charge >= 0.3 is 18.1 Å². The Morgan fingerprint density at radius 3 is 2.17 bits per heavy atom. The molecule has 0 bridgehead atoms. The van der Waals surface area contributed by atoms with Crippen molar-refractivity contribution in [1.82, 2.24) is 14.6 Å². The van der Waals surface area contributed by atoms with E-state index in [4.69, 9.17) is 9.47 Å². The van der Waals surface area contributed by atoms with Crippen molar-refractivity contribution in [2.75, 3.05) is 13.2 Å². The summed E-state index contributed by atoms with van der Waals surface area (Å²) in [6, 6.07) is 5.98. The number of benzene rings is 1. The quantitative estimate of drug-likeness (QED) is 0.447. The van der Waals surface area contributed by atoms with Crippen molar-refractivity contribution in [3.8, 4) is 11.1 Å². The number of carbonyl (C=O) groups excluding carboxylic acids is 2. The molecule has 2 aromatic heterocycles. The second kappa shape index (κ2) is 8.52. The Balaban J connectivity index is 2.08. The summed E-state index contributed by atoms with van der Waals surface area (Å²) in [5.41, 5.74) is 0.561. The lowest BCUT2D eigenvalue weighted by Gasteiger charge is -2.15. The van der Waals surface area contributed by atoms with Crippen molar-refractivity contribution in [2.45, 2.75) is 25.9 Å². The second-order valence-corrected chi connectivity index (χ2v) is 6.18. The monoisotopic (exact) mass is 421 g/mol. The van der Waals surface area contributed by atoms with Gasteiger partial charge in [-0.15, -0.1) is 0 Å². The van der Waals surface area contributed by atoms with Crippen molar-refractivity contribution in [3.05, 3.63) is 54.0 Å². The van der Waals surface area contributed by atoms with Gasteiger partial charge in [0.15, 0.2) is 11.6 Å². The molecule has 0 spiro atoms. The Kier molecular flexibility index (Phi) is 6.04. The number of ether oxygens (including phenoxy) is 2. The first-order valence-corrected chi connectivity index (χ1v) is 9.11. The van der Waals surface area contributed by atoms with E-state index in [1.165, 1.54) is 35.1 Å². The van der Waals surface area contributed by atoms with Gasteiger partial charge in [0, 0.05) is 11.8 Å². The van der Waals surface area contributed by atoms with Gasteiger partial charge in [0.25, 0.3) is 0 Å². The molecule has 0 saturated carbocycles. The first-order valence-electron chi connectivity index (χ1n) is 9.11. The van der Waals surface area contributed by atoms with Gasteiger partial charge in [0.2, 0.25) is 0 Å². The normalized spacial score (nSPS) is 11.7. The number of fused-ring (bicyclic) bond motifs is 1. The van der Waals surface area contributed by atoms with Gasteiger partial charge in [-0.05, 0) is 37.6 Å². The smallest absolute Gasteiger partial charge is 0.416 e. The summed E-state index contributed by atoms with van der Waals surface area (Å²) in [7, 11) is 0. The molecule has 0 N–H and O–H groups in total. The number of rotatable bonds is 6. The summed E-state index contributed by atoms with van der Waals surface area (Å²) < 4.78 is 49.7. The minimum absolute atomic E-state index is 0.0683. The van der Waals surface area contributed by atoms with Gasteiger partial charge < -0.3 is 9.47 Å². The molecule has 1 aromatic carbocycles. The second-order valence-electron chi connectivity index (χ2n) is 6.18. The minimum Gasteiger partial charge on any atom is -0.465 e. The molecule has 158 valence electrons. The molecule has 10 heteroatoms. The minimum atomic E-state index is -4.45. The molecule has 7 nitrogen and oxygen atoms in total. The highest BCUT2D eigenvalue weighted by Crippen LogP contribution is 2.32. The van der Waals surface area contributed by atoms with Crippen LogP contribution in [0.15, 0.2) is 42.7 Å². The average molecular weight is 421 g/mol. The maximum Gasteiger partial charge on any atom is 0.416 e. The number of nitrogens with zero attached hydrogens (tertiary/aromatic N) is 3. The number of aromatic nitrogens is 3. The van der Waals surface area contributed by atoms with E-state index < -0.39 is 29.6 Å². The fraction of sp³-hybridized carbons (Fsp3) is 0.300. The molecule has 0 fully saturated rings. The van der Waals surface area contributed by atoms with Crippen molar-refractivity contribution in [1.29, 1.82) is 0 Å². The lowest BCUT2D eigenvalue weighted by atomic mass is 10.0. The Morgan fingerprint density at radius 2 is 1.63 bits per heavy atom. The molecule has 30 heavy (non-hydrogen) atoms. The third-order valence-corrected chi connectivity index (χ3v) is 4.29. The topological polar surface area (TPSA) is 82.8 Å². The third-order valence-electron chi connectivity index (χ3n) is 4.29. The molecule has 0 unspecified atom stereocenters. The predicted molar refractivity (Wildman–Crippen MR) is 99.4 cm³/mol. The predicted octanol–water partition coefficient (Wildman–Crippen LogP) is 3.62. The Morgan fingerprint density at radius 1 is 1.03 bits per heavy atom. The van der Waals surface area contributed by atoms with E-state index in [-0.39, 0.29) is 24.6 Å². The van der Waals surface area contributed by atoms with Crippen LogP contribution in [0.25, 0.3) is 16.8 Å². The van der Waals surface area contributed by atoms with E-state index in [1.54, 1.807) is 13.8 Å². The molecule has 0 radical (unpaired) electrons. The number of alkyl halides is 3. The Bertz CT molecular complexity index is 1040. The number of hydrogen-bond acceptors (Lipinski definition) is 6. The van der Waals surface area contributed by atoms with Crippen LogP contribution in [0.3, 0.4) is 0 Å². The largest absolute Gasteiger partial charge is 0.465 e. The Hall–Kier alpha value is -3.43. The van der Waals surface area contributed by atoms with Gasteiger partial charge in [-0.3, -0.25) is 9.59 Å².